The van der Waals surface area contributed by atoms with Crippen LogP contribution in [-0.4, -0.2) is 10.7 Å². The van der Waals surface area contributed by atoms with Crippen molar-refractivity contribution in [3.05, 3.63) is 22.4 Å². The van der Waals surface area contributed by atoms with Crippen molar-refractivity contribution in [1.82, 2.24) is 0 Å². The zero-order chi connectivity index (χ0) is 9.31. The van der Waals surface area contributed by atoms with Crippen LogP contribution >= 0.6 is 11.3 Å². The van der Waals surface area contributed by atoms with Gasteiger partial charge in [-0.25, -0.2) is 0 Å². The van der Waals surface area contributed by atoms with E-state index in [-0.39, 0.29) is 0 Å². The van der Waals surface area contributed by atoms with Crippen molar-refractivity contribution in [2.24, 2.45) is 5.92 Å². The summed E-state index contributed by atoms with van der Waals surface area (Å²) in [6.07, 6.45) is 4.43. The molecular weight excluding hydrogens is 180 g/mol. The normalized spacial score (nSPS) is 21.4. The van der Waals surface area contributed by atoms with Gasteiger partial charge in [-0.3, -0.25) is 0 Å². The summed E-state index contributed by atoms with van der Waals surface area (Å²) in [7, 11) is 0. The van der Waals surface area contributed by atoms with Gasteiger partial charge in [0.2, 0.25) is 0 Å². The molecule has 1 N–H and O–H groups in total. The van der Waals surface area contributed by atoms with Crippen LogP contribution in [0.5, 0.6) is 0 Å². The molecule has 1 atom stereocenters. The minimum atomic E-state index is -0.484. The van der Waals surface area contributed by atoms with Crippen molar-refractivity contribution in [3.8, 4) is 0 Å². The molecule has 0 aliphatic heterocycles. The lowest BCUT2D eigenvalue weighted by Gasteiger charge is -2.22. The average molecular weight is 196 g/mol. The SMILES string of the molecule is CC(O)(Cc1ccsc1)CC1CC1. The van der Waals surface area contributed by atoms with E-state index in [1.165, 1.54) is 18.4 Å². The van der Waals surface area contributed by atoms with E-state index in [2.05, 4.69) is 16.8 Å². The van der Waals surface area contributed by atoms with Gasteiger partial charge in [0, 0.05) is 6.42 Å². The summed E-state index contributed by atoms with van der Waals surface area (Å²) in [6, 6.07) is 2.10. The van der Waals surface area contributed by atoms with Crippen LogP contribution in [0.1, 0.15) is 31.7 Å². The lowest BCUT2D eigenvalue weighted by Crippen LogP contribution is -2.27. The molecule has 0 aromatic carbocycles. The number of rotatable bonds is 4. The maximum absolute atomic E-state index is 10.1. The standard InChI is InChI=1S/C11H16OS/c1-11(12,6-9-2-3-9)7-10-4-5-13-8-10/h4-5,8-9,12H,2-3,6-7H2,1H3. The molecule has 0 amide bonds. The fourth-order valence-corrected chi connectivity index (χ4v) is 2.52. The average Bonchev–Trinajstić information content (AvgIpc) is 2.64. The van der Waals surface area contributed by atoms with E-state index in [0.29, 0.717) is 0 Å². The fourth-order valence-electron chi connectivity index (χ4n) is 1.85. The molecule has 1 saturated carbocycles. The van der Waals surface area contributed by atoms with Gasteiger partial charge < -0.3 is 5.11 Å². The Morgan fingerprint density at radius 1 is 1.62 bits per heavy atom. The van der Waals surface area contributed by atoms with Crippen LogP contribution in [0.2, 0.25) is 0 Å². The van der Waals surface area contributed by atoms with Crippen LogP contribution in [0, 0.1) is 5.92 Å². The number of aliphatic hydroxyl groups is 1. The maximum Gasteiger partial charge on any atom is 0.0662 e. The Kier molecular flexibility index (Phi) is 2.43. The molecule has 1 unspecified atom stereocenters. The highest BCUT2D eigenvalue weighted by atomic mass is 32.1. The van der Waals surface area contributed by atoms with Crippen molar-refractivity contribution in [2.75, 3.05) is 0 Å². The quantitative estimate of drug-likeness (QED) is 0.785. The summed E-state index contributed by atoms with van der Waals surface area (Å²) in [5.74, 6) is 0.800. The Morgan fingerprint density at radius 2 is 2.38 bits per heavy atom. The van der Waals surface area contributed by atoms with Crippen LogP contribution in [0.15, 0.2) is 16.8 Å². The molecule has 0 saturated heterocycles. The summed E-state index contributed by atoms with van der Waals surface area (Å²) < 4.78 is 0. The van der Waals surface area contributed by atoms with E-state index < -0.39 is 5.60 Å². The zero-order valence-electron chi connectivity index (χ0n) is 7.99. The van der Waals surface area contributed by atoms with Crippen LogP contribution in [0.25, 0.3) is 0 Å². The predicted molar refractivity (Wildman–Crippen MR) is 56.0 cm³/mol. The second kappa shape index (κ2) is 3.43. The first kappa shape index (κ1) is 9.22. The Bertz CT molecular complexity index is 260. The Labute approximate surface area is 83.4 Å². The number of thiophene rings is 1. The molecule has 1 aromatic heterocycles. The molecule has 2 rings (SSSR count). The topological polar surface area (TPSA) is 20.2 Å². The second-order valence-electron chi connectivity index (χ2n) is 4.45. The molecule has 72 valence electrons. The third-order valence-corrected chi connectivity index (χ3v) is 3.32. The molecule has 1 aromatic rings. The summed E-state index contributed by atoms with van der Waals surface area (Å²) in [6.45, 7) is 1.96. The maximum atomic E-state index is 10.1. The van der Waals surface area contributed by atoms with Crippen molar-refractivity contribution in [3.63, 3.8) is 0 Å². The van der Waals surface area contributed by atoms with Crippen molar-refractivity contribution in [1.29, 1.82) is 0 Å². The van der Waals surface area contributed by atoms with Crippen LogP contribution in [0.4, 0.5) is 0 Å². The third kappa shape index (κ3) is 2.82. The third-order valence-electron chi connectivity index (χ3n) is 2.59. The lowest BCUT2D eigenvalue weighted by molar-refractivity contribution is 0.0456. The molecule has 1 nitrogen and oxygen atoms in total. The Balaban J connectivity index is 1.90. The molecule has 2 heteroatoms. The largest absolute Gasteiger partial charge is 0.390 e. The molecule has 1 aliphatic carbocycles. The van der Waals surface area contributed by atoms with Gasteiger partial charge in [0.25, 0.3) is 0 Å². The van der Waals surface area contributed by atoms with Crippen molar-refractivity contribution >= 4 is 11.3 Å². The van der Waals surface area contributed by atoms with Gasteiger partial charge in [0.05, 0.1) is 5.60 Å². The predicted octanol–water partition coefficient (Wildman–Crippen LogP) is 2.84. The van der Waals surface area contributed by atoms with Crippen LogP contribution < -0.4 is 0 Å². The first-order valence-corrected chi connectivity index (χ1v) is 5.83. The molecule has 1 heterocycles. The van der Waals surface area contributed by atoms with Gasteiger partial charge in [-0.1, -0.05) is 12.8 Å². The van der Waals surface area contributed by atoms with E-state index in [4.69, 9.17) is 0 Å². The summed E-state index contributed by atoms with van der Waals surface area (Å²) in [5.41, 5.74) is 0.790. The number of hydrogen-bond donors (Lipinski definition) is 1. The van der Waals surface area contributed by atoms with Crippen LogP contribution in [-0.2, 0) is 6.42 Å². The van der Waals surface area contributed by atoms with E-state index in [1.54, 1.807) is 11.3 Å². The van der Waals surface area contributed by atoms with Crippen molar-refractivity contribution in [2.45, 2.75) is 38.2 Å². The van der Waals surface area contributed by atoms with Gasteiger partial charge >= 0.3 is 0 Å². The zero-order valence-corrected chi connectivity index (χ0v) is 8.81. The summed E-state index contributed by atoms with van der Waals surface area (Å²) in [4.78, 5) is 0. The lowest BCUT2D eigenvalue weighted by atomic mass is 9.92. The Hall–Kier alpha value is -0.340. The summed E-state index contributed by atoms with van der Waals surface area (Å²) >= 11 is 1.70. The van der Waals surface area contributed by atoms with Gasteiger partial charge in [-0.05, 0) is 41.7 Å². The molecule has 0 spiro atoms. The minimum Gasteiger partial charge on any atom is -0.390 e. The molecule has 1 aliphatic rings. The van der Waals surface area contributed by atoms with E-state index in [9.17, 15) is 5.11 Å². The highest BCUT2D eigenvalue weighted by Crippen LogP contribution is 2.37. The first-order chi connectivity index (χ1) is 6.16. The van der Waals surface area contributed by atoms with Gasteiger partial charge in [0.1, 0.15) is 0 Å². The molecule has 13 heavy (non-hydrogen) atoms. The van der Waals surface area contributed by atoms with E-state index >= 15 is 0 Å². The molecular formula is C11H16OS. The van der Waals surface area contributed by atoms with Gasteiger partial charge in [-0.15, -0.1) is 0 Å². The Morgan fingerprint density at radius 3 is 2.92 bits per heavy atom. The van der Waals surface area contributed by atoms with Crippen molar-refractivity contribution < 1.29 is 5.11 Å². The minimum absolute atomic E-state index is 0.484. The second-order valence-corrected chi connectivity index (χ2v) is 5.23. The molecule has 0 radical (unpaired) electrons. The fraction of sp³-hybridized carbons (Fsp3) is 0.636. The van der Waals surface area contributed by atoms with E-state index in [1.807, 2.05) is 6.92 Å². The van der Waals surface area contributed by atoms with Gasteiger partial charge in [0.15, 0.2) is 0 Å². The summed E-state index contributed by atoms with van der Waals surface area (Å²) in [5, 5.41) is 14.3. The molecule has 0 bridgehead atoms. The highest BCUT2D eigenvalue weighted by Gasteiger charge is 2.31. The van der Waals surface area contributed by atoms with Crippen LogP contribution in [0.3, 0.4) is 0 Å². The molecule has 1 fully saturated rings. The smallest absolute Gasteiger partial charge is 0.0662 e. The first-order valence-electron chi connectivity index (χ1n) is 4.89. The monoisotopic (exact) mass is 196 g/mol. The number of hydrogen-bond acceptors (Lipinski definition) is 2. The highest BCUT2D eigenvalue weighted by molar-refractivity contribution is 7.07. The van der Waals surface area contributed by atoms with Gasteiger partial charge in [-0.2, -0.15) is 11.3 Å². The van der Waals surface area contributed by atoms with E-state index in [0.717, 1.165) is 18.8 Å².